The van der Waals surface area contributed by atoms with Crippen molar-refractivity contribution in [3.8, 4) is 11.5 Å². The van der Waals surface area contributed by atoms with Gasteiger partial charge in [-0.15, -0.1) is 0 Å². The lowest BCUT2D eigenvalue weighted by atomic mass is 9.84. The number of rotatable bonds is 5. The highest BCUT2D eigenvalue weighted by Gasteiger charge is 2.42. The average molecular weight is 264 g/mol. The van der Waals surface area contributed by atoms with Crippen LogP contribution in [-0.4, -0.2) is 23.3 Å². The molecule has 1 N–H and O–H groups in total. The Morgan fingerprint density at radius 2 is 1.84 bits per heavy atom. The van der Waals surface area contributed by atoms with E-state index >= 15 is 0 Å². The van der Waals surface area contributed by atoms with E-state index in [1.54, 1.807) is 12.1 Å². The number of carboxylic acids is 1. The Balaban J connectivity index is 2.24. The number of carbonyl (C=O) groups is 1. The highest BCUT2D eigenvalue weighted by molar-refractivity contribution is 5.78. The largest absolute Gasteiger partial charge is 0.490 e. The topological polar surface area (TPSA) is 55.8 Å². The summed E-state index contributed by atoms with van der Waals surface area (Å²) < 4.78 is 11.3. The van der Waals surface area contributed by atoms with E-state index in [1.807, 2.05) is 19.1 Å². The van der Waals surface area contributed by atoms with Crippen LogP contribution in [0.5, 0.6) is 11.5 Å². The van der Waals surface area contributed by atoms with Gasteiger partial charge in [0.05, 0.1) is 6.61 Å². The molecule has 1 fully saturated rings. The van der Waals surface area contributed by atoms with Crippen molar-refractivity contribution in [3.63, 3.8) is 0 Å². The van der Waals surface area contributed by atoms with Gasteiger partial charge in [-0.2, -0.15) is 0 Å². The molecule has 0 unspecified atom stereocenters. The van der Waals surface area contributed by atoms with Crippen LogP contribution in [0.2, 0.25) is 0 Å². The number of hydrogen-bond donors (Lipinski definition) is 1. The van der Waals surface area contributed by atoms with E-state index in [2.05, 4.69) is 0 Å². The fourth-order valence-electron chi connectivity index (χ4n) is 2.50. The predicted molar refractivity (Wildman–Crippen MR) is 71.7 cm³/mol. The van der Waals surface area contributed by atoms with Gasteiger partial charge in [-0.05, 0) is 44.7 Å². The molecule has 0 saturated heterocycles. The minimum Gasteiger partial charge on any atom is -0.490 e. The third-order valence-corrected chi connectivity index (χ3v) is 3.51. The van der Waals surface area contributed by atoms with E-state index in [1.165, 1.54) is 0 Å². The molecule has 0 aromatic heterocycles. The molecule has 0 radical (unpaired) electrons. The zero-order chi connectivity index (χ0) is 13.7. The Morgan fingerprint density at radius 3 is 2.42 bits per heavy atom. The van der Waals surface area contributed by atoms with Crippen molar-refractivity contribution in [2.24, 2.45) is 0 Å². The summed E-state index contributed by atoms with van der Waals surface area (Å²) >= 11 is 0. The average Bonchev–Trinajstić information content (AvgIpc) is 2.42. The molecule has 1 aliphatic rings. The lowest BCUT2D eigenvalue weighted by Gasteiger charge is -2.34. The van der Waals surface area contributed by atoms with E-state index in [4.69, 9.17) is 9.47 Å². The fraction of sp³-hybridized carbons (Fsp3) is 0.533. The van der Waals surface area contributed by atoms with Crippen LogP contribution in [0, 0.1) is 0 Å². The second-order valence-electron chi connectivity index (χ2n) is 4.84. The van der Waals surface area contributed by atoms with Gasteiger partial charge >= 0.3 is 5.97 Å². The molecule has 19 heavy (non-hydrogen) atoms. The Bertz CT molecular complexity index is 436. The quantitative estimate of drug-likeness (QED) is 0.887. The summed E-state index contributed by atoms with van der Waals surface area (Å²) in [6.45, 7) is 2.42. The van der Waals surface area contributed by atoms with Gasteiger partial charge in [0.1, 0.15) is 0 Å². The maximum Gasteiger partial charge on any atom is 0.348 e. The first-order valence-electron chi connectivity index (χ1n) is 6.82. The van der Waals surface area contributed by atoms with Crippen molar-refractivity contribution in [2.75, 3.05) is 6.61 Å². The SMILES string of the molecule is CCOc1ccccc1OC1(C(=O)O)CCCCC1. The summed E-state index contributed by atoms with van der Waals surface area (Å²) in [5, 5.41) is 9.51. The molecule has 1 aliphatic carbocycles. The van der Waals surface area contributed by atoms with E-state index in [0.29, 0.717) is 30.9 Å². The molecule has 0 bridgehead atoms. The lowest BCUT2D eigenvalue weighted by Crippen LogP contribution is -2.46. The Hall–Kier alpha value is -1.71. The summed E-state index contributed by atoms with van der Waals surface area (Å²) in [4.78, 5) is 11.6. The van der Waals surface area contributed by atoms with Crippen LogP contribution in [-0.2, 0) is 4.79 Å². The van der Waals surface area contributed by atoms with Gasteiger partial charge in [0.25, 0.3) is 0 Å². The zero-order valence-corrected chi connectivity index (χ0v) is 11.2. The van der Waals surface area contributed by atoms with Crippen molar-refractivity contribution in [1.82, 2.24) is 0 Å². The Labute approximate surface area is 113 Å². The van der Waals surface area contributed by atoms with Crippen molar-refractivity contribution >= 4 is 5.97 Å². The molecular formula is C15H20O4. The number of para-hydroxylation sites is 2. The molecule has 0 heterocycles. The van der Waals surface area contributed by atoms with Gasteiger partial charge in [-0.25, -0.2) is 4.79 Å². The van der Waals surface area contributed by atoms with Crippen LogP contribution in [0.15, 0.2) is 24.3 Å². The first kappa shape index (κ1) is 13.7. The molecule has 4 nitrogen and oxygen atoms in total. The minimum absolute atomic E-state index is 0.522. The van der Waals surface area contributed by atoms with Crippen molar-refractivity contribution < 1.29 is 19.4 Å². The molecule has 1 saturated carbocycles. The summed E-state index contributed by atoms with van der Waals surface area (Å²) in [5.41, 5.74) is -1.09. The molecule has 0 spiro atoms. The standard InChI is InChI=1S/C15H20O4/c1-2-18-12-8-4-5-9-13(12)19-15(14(16)17)10-6-3-7-11-15/h4-5,8-9H,2-3,6-7,10-11H2,1H3,(H,16,17). The second kappa shape index (κ2) is 5.95. The number of benzene rings is 1. The van der Waals surface area contributed by atoms with E-state index in [9.17, 15) is 9.90 Å². The Morgan fingerprint density at radius 1 is 1.21 bits per heavy atom. The summed E-state index contributed by atoms with van der Waals surface area (Å²) in [5.74, 6) is 0.253. The number of hydrogen-bond acceptors (Lipinski definition) is 3. The molecule has 0 atom stereocenters. The van der Waals surface area contributed by atoms with E-state index in [0.717, 1.165) is 19.3 Å². The number of ether oxygens (including phenoxy) is 2. The summed E-state index contributed by atoms with van der Waals surface area (Å²) in [6.07, 6.45) is 3.98. The van der Waals surface area contributed by atoms with Gasteiger partial charge in [-0.1, -0.05) is 18.6 Å². The lowest BCUT2D eigenvalue weighted by molar-refractivity contribution is -0.158. The normalized spacial score (nSPS) is 17.7. The molecule has 1 aromatic rings. The predicted octanol–water partition coefficient (Wildman–Crippen LogP) is 3.25. The van der Waals surface area contributed by atoms with Crippen LogP contribution in [0.1, 0.15) is 39.0 Å². The van der Waals surface area contributed by atoms with Crippen molar-refractivity contribution in [1.29, 1.82) is 0 Å². The number of aliphatic carboxylic acids is 1. The maximum atomic E-state index is 11.6. The first-order valence-corrected chi connectivity index (χ1v) is 6.82. The van der Waals surface area contributed by atoms with Gasteiger partial charge in [-0.3, -0.25) is 0 Å². The van der Waals surface area contributed by atoms with Crippen LogP contribution < -0.4 is 9.47 Å². The van der Waals surface area contributed by atoms with Crippen molar-refractivity contribution in [2.45, 2.75) is 44.6 Å². The third-order valence-electron chi connectivity index (χ3n) is 3.51. The summed E-state index contributed by atoms with van der Waals surface area (Å²) in [7, 11) is 0. The molecule has 4 heteroatoms. The molecule has 0 aliphatic heterocycles. The number of carboxylic acid groups (broad SMARTS) is 1. The van der Waals surface area contributed by atoms with Gasteiger partial charge in [0.15, 0.2) is 11.5 Å². The first-order chi connectivity index (χ1) is 9.18. The van der Waals surface area contributed by atoms with Crippen LogP contribution in [0.4, 0.5) is 0 Å². The third kappa shape index (κ3) is 3.00. The van der Waals surface area contributed by atoms with Gasteiger partial charge in [0.2, 0.25) is 5.60 Å². The van der Waals surface area contributed by atoms with Crippen LogP contribution in [0.25, 0.3) is 0 Å². The zero-order valence-electron chi connectivity index (χ0n) is 11.2. The highest BCUT2D eigenvalue weighted by Crippen LogP contribution is 2.37. The molecule has 1 aromatic carbocycles. The molecular weight excluding hydrogens is 244 g/mol. The smallest absolute Gasteiger partial charge is 0.348 e. The molecule has 0 amide bonds. The van der Waals surface area contributed by atoms with Gasteiger partial charge in [0, 0.05) is 0 Å². The molecule has 2 rings (SSSR count). The monoisotopic (exact) mass is 264 g/mol. The van der Waals surface area contributed by atoms with Crippen LogP contribution >= 0.6 is 0 Å². The highest BCUT2D eigenvalue weighted by atomic mass is 16.6. The summed E-state index contributed by atoms with van der Waals surface area (Å²) in [6, 6.07) is 7.25. The second-order valence-corrected chi connectivity index (χ2v) is 4.84. The van der Waals surface area contributed by atoms with Crippen LogP contribution in [0.3, 0.4) is 0 Å². The maximum absolute atomic E-state index is 11.6. The van der Waals surface area contributed by atoms with E-state index < -0.39 is 11.6 Å². The molecule has 104 valence electrons. The Kier molecular flexibility index (Phi) is 4.30. The fourth-order valence-corrected chi connectivity index (χ4v) is 2.50. The van der Waals surface area contributed by atoms with Crippen molar-refractivity contribution in [3.05, 3.63) is 24.3 Å². The van der Waals surface area contributed by atoms with Gasteiger partial charge < -0.3 is 14.6 Å². The van der Waals surface area contributed by atoms with E-state index in [-0.39, 0.29) is 0 Å². The minimum atomic E-state index is -1.09.